The van der Waals surface area contributed by atoms with Crippen LogP contribution in [0.4, 0.5) is 0 Å². The Morgan fingerprint density at radius 2 is 2.00 bits per heavy atom. The molecule has 2 aromatic carbocycles. The Bertz CT molecular complexity index is 753. The molecule has 1 amide bonds. The van der Waals surface area contributed by atoms with Gasteiger partial charge in [-0.15, -0.1) is 0 Å². The fourth-order valence-electron chi connectivity index (χ4n) is 2.96. The Balaban J connectivity index is 1.49. The summed E-state index contributed by atoms with van der Waals surface area (Å²) in [7, 11) is 0. The smallest absolute Gasteiger partial charge is 0.224 e. The van der Waals surface area contributed by atoms with Crippen molar-refractivity contribution in [3.05, 3.63) is 64.7 Å². The Morgan fingerprint density at radius 3 is 2.77 bits per heavy atom. The number of hydrogen-bond acceptors (Lipinski definition) is 4. The van der Waals surface area contributed by atoms with E-state index in [-0.39, 0.29) is 18.2 Å². The molecule has 1 saturated heterocycles. The third-order valence-electron chi connectivity index (χ3n) is 4.42. The van der Waals surface area contributed by atoms with E-state index < -0.39 is 6.10 Å². The molecule has 0 spiro atoms. The number of rotatable bonds is 7. The van der Waals surface area contributed by atoms with Gasteiger partial charge in [0, 0.05) is 30.6 Å². The van der Waals surface area contributed by atoms with E-state index in [0.29, 0.717) is 30.5 Å². The van der Waals surface area contributed by atoms with Crippen LogP contribution in [0.2, 0.25) is 5.02 Å². The summed E-state index contributed by atoms with van der Waals surface area (Å²) in [4.78, 5) is 12.1. The normalized spacial score (nSPS) is 19.3. The average molecular weight is 375 g/mol. The highest BCUT2D eigenvalue weighted by molar-refractivity contribution is 6.30. The maximum atomic E-state index is 12.1. The summed E-state index contributed by atoms with van der Waals surface area (Å²) in [5, 5.41) is 16.4. The fraction of sp³-hybridized carbons (Fsp3) is 0.350. The van der Waals surface area contributed by atoms with E-state index in [1.807, 2.05) is 48.5 Å². The minimum absolute atomic E-state index is 0.0592. The van der Waals surface area contributed by atoms with Crippen molar-refractivity contribution in [3.63, 3.8) is 0 Å². The Morgan fingerprint density at radius 1 is 1.19 bits per heavy atom. The quantitative estimate of drug-likeness (QED) is 0.694. The molecule has 0 bridgehead atoms. The van der Waals surface area contributed by atoms with E-state index in [1.165, 1.54) is 0 Å². The van der Waals surface area contributed by atoms with Crippen LogP contribution < -0.4 is 15.4 Å². The van der Waals surface area contributed by atoms with E-state index in [1.54, 1.807) is 0 Å². The van der Waals surface area contributed by atoms with Crippen molar-refractivity contribution in [2.75, 3.05) is 19.6 Å². The molecule has 0 radical (unpaired) electrons. The summed E-state index contributed by atoms with van der Waals surface area (Å²) in [5.41, 5.74) is 1.88. The number of nitrogens with one attached hydrogen (secondary N) is 2. The first-order valence-electron chi connectivity index (χ1n) is 8.72. The number of carbonyl (C=O) groups is 1. The molecule has 1 heterocycles. The minimum Gasteiger partial charge on any atom is -0.489 e. The Kier molecular flexibility index (Phi) is 6.50. The average Bonchev–Trinajstić information content (AvgIpc) is 3.04. The number of benzene rings is 2. The summed E-state index contributed by atoms with van der Waals surface area (Å²) in [5.74, 6) is 0.730. The monoisotopic (exact) mass is 374 g/mol. The molecule has 0 saturated carbocycles. The predicted molar refractivity (Wildman–Crippen MR) is 101 cm³/mol. The molecule has 5 nitrogen and oxygen atoms in total. The third-order valence-corrected chi connectivity index (χ3v) is 4.66. The number of aliphatic hydroxyl groups is 1. The minimum atomic E-state index is -0.390. The van der Waals surface area contributed by atoms with Gasteiger partial charge in [0.15, 0.2) is 0 Å². The summed E-state index contributed by atoms with van der Waals surface area (Å²) in [6, 6.07) is 15.0. The van der Waals surface area contributed by atoms with Gasteiger partial charge < -0.3 is 20.5 Å². The molecule has 3 rings (SSSR count). The highest BCUT2D eigenvalue weighted by Gasteiger charge is 2.24. The molecule has 0 aromatic heterocycles. The molecule has 2 atom stereocenters. The van der Waals surface area contributed by atoms with E-state index >= 15 is 0 Å². The first-order chi connectivity index (χ1) is 12.6. The highest BCUT2D eigenvalue weighted by Crippen LogP contribution is 2.17. The van der Waals surface area contributed by atoms with Gasteiger partial charge >= 0.3 is 0 Å². The van der Waals surface area contributed by atoms with E-state index in [0.717, 1.165) is 17.7 Å². The second kappa shape index (κ2) is 9.03. The predicted octanol–water partition coefficient (Wildman–Crippen LogP) is 2.16. The van der Waals surface area contributed by atoms with Gasteiger partial charge in [-0.25, -0.2) is 0 Å². The maximum absolute atomic E-state index is 12.1. The largest absolute Gasteiger partial charge is 0.489 e. The first-order valence-corrected chi connectivity index (χ1v) is 9.09. The van der Waals surface area contributed by atoms with Crippen molar-refractivity contribution in [2.24, 2.45) is 5.92 Å². The van der Waals surface area contributed by atoms with Crippen LogP contribution in [0.1, 0.15) is 11.1 Å². The van der Waals surface area contributed by atoms with Crippen molar-refractivity contribution in [3.8, 4) is 5.75 Å². The van der Waals surface area contributed by atoms with Gasteiger partial charge in [-0.1, -0.05) is 35.9 Å². The van der Waals surface area contributed by atoms with Gasteiger partial charge in [-0.2, -0.15) is 0 Å². The van der Waals surface area contributed by atoms with Crippen molar-refractivity contribution in [2.45, 2.75) is 19.1 Å². The zero-order chi connectivity index (χ0) is 18.4. The molecule has 2 aromatic rings. The molecule has 1 aliphatic heterocycles. The van der Waals surface area contributed by atoms with Crippen LogP contribution in [0.5, 0.6) is 5.75 Å². The van der Waals surface area contributed by atoms with Crippen LogP contribution >= 0.6 is 11.6 Å². The van der Waals surface area contributed by atoms with E-state index in [4.69, 9.17) is 16.3 Å². The fourth-order valence-corrected chi connectivity index (χ4v) is 3.17. The molecule has 26 heavy (non-hydrogen) atoms. The van der Waals surface area contributed by atoms with Crippen LogP contribution in [-0.2, 0) is 17.8 Å². The van der Waals surface area contributed by atoms with Gasteiger partial charge in [0.05, 0.1) is 12.5 Å². The lowest BCUT2D eigenvalue weighted by Crippen LogP contribution is -2.35. The number of halogens is 1. The highest BCUT2D eigenvalue weighted by atomic mass is 35.5. The number of aliphatic hydroxyl groups excluding tert-OH is 1. The summed E-state index contributed by atoms with van der Waals surface area (Å²) >= 11 is 5.98. The van der Waals surface area contributed by atoms with Crippen LogP contribution in [0.15, 0.2) is 48.5 Å². The summed E-state index contributed by atoms with van der Waals surface area (Å²) in [6.07, 6.45) is -0.108. The lowest BCUT2D eigenvalue weighted by Gasteiger charge is -2.14. The molecular formula is C20H23ClN2O3. The molecule has 1 aliphatic rings. The molecule has 1 fully saturated rings. The van der Waals surface area contributed by atoms with Crippen LogP contribution in [0, 0.1) is 5.92 Å². The van der Waals surface area contributed by atoms with E-state index in [2.05, 4.69) is 10.6 Å². The van der Waals surface area contributed by atoms with Gasteiger partial charge in [0.2, 0.25) is 5.91 Å². The van der Waals surface area contributed by atoms with Gasteiger partial charge in [0.25, 0.3) is 0 Å². The lowest BCUT2D eigenvalue weighted by molar-refractivity contribution is -0.120. The zero-order valence-corrected chi connectivity index (χ0v) is 15.2. The summed E-state index contributed by atoms with van der Waals surface area (Å²) in [6.45, 7) is 2.22. The zero-order valence-electron chi connectivity index (χ0n) is 14.5. The topological polar surface area (TPSA) is 70.6 Å². The number of hydrogen-bond donors (Lipinski definition) is 3. The number of amides is 1. The number of carbonyl (C=O) groups excluding carboxylic acids is 1. The van der Waals surface area contributed by atoms with E-state index in [9.17, 15) is 9.90 Å². The second-order valence-electron chi connectivity index (χ2n) is 6.53. The number of β-amino-alcohol motifs (C(OH)–C–C–N with tert-alkyl or cyclic N) is 1. The van der Waals surface area contributed by atoms with Gasteiger partial charge in [0.1, 0.15) is 12.4 Å². The maximum Gasteiger partial charge on any atom is 0.224 e. The molecule has 138 valence electrons. The van der Waals surface area contributed by atoms with Crippen molar-refractivity contribution >= 4 is 17.5 Å². The van der Waals surface area contributed by atoms with Gasteiger partial charge in [-0.05, 0) is 35.4 Å². The van der Waals surface area contributed by atoms with Crippen LogP contribution in [0.3, 0.4) is 0 Å². The van der Waals surface area contributed by atoms with Crippen molar-refractivity contribution in [1.29, 1.82) is 0 Å². The SMILES string of the molecule is O=C(Cc1cccc(OCc2cccc(Cl)c2)c1)NCC1CNCC1O. The standard InChI is InChI=1S/C20H23ClN2O3/c21-17-5-1-4-15(7-17)13-26-18-6-2-3-14(8-18)9-20(25)23-11-16-10-22-12-19(16)24/h1-8,16,19,22,24H,9-13H2,(H,23,25). The number of ether oxygens (including phenoxy) is 1. The Hall–Kier alpha value is -2.08. The Labute approximate surface area is 158 Å². The van der Waals surface area contributed by atoms with Crippen molar-refractivity contribution in [1.82, 2.24) is 10.6 Å². The molecule has 6 heteroatoms. The lowest BCUT2D eigenvalue weighted by atomic mass is 10.1. The first kappa shape index (κ1) is 18.7. The van der Waals surface area contributed by atoms with Crippen LogP contribution in [-0.4, -0.2) is 36.8 Å². The van der Waals surface area contributed by atoms with Crippen LogP contribution in [0.25, 0.3) is 0 Å². The van der Waals surface area contributed by atoms with Crippen molar-refractivity contribution < 1.29 is 14.6 Å². The molecule has 0 aliphatic carbocycles. The second-order valence-corrected chi connectivity index (χ2v) is 6.97. The molecular weight excluding hydrogens is 352 g/mol. The van der Waals surface area contributed by atoms with Gasteiger partial charge in [-0.3, -0.25) is 4.79 Å². The summed E-state index contributed by atoms with van der Waals surface area (Å²) < 4.78 is 5.79. The molecule has 2 unspecified atom stereocenters. The third kappa shape index (κ3) is 5.46. The molecule has 3 N–H and O–H groups in total.